The molecule has 1 aromatic carbocycles. The van der Waals surface area contributed by atoms with Crippen molar-refractivity contribution in [2.24, 2.45) is 0 Å². The van der Waals surface area contributed by atoms with Crippen molar-refractivity contribution in [3.8, 4) is 5.75 Å². The fourth-order valence-corrected chi connectivity index (χ4v) is 3.54. The lowest BCUT2D eigenvalue weighted by atomic mass is 9.97. The van der Waals surface area contributed by atoms with Crippen LogP contribution >= 0.6 is 11.6 Å². The number of hydrogen-bond acceptors (Lipinski definition) is 3. The molecule has 0 amide bonds. The first kappa shape index (κ1) is 14.2. The number of aryl methyl sites for hydroxylation is 2. The largest absolute Gasteiger partial charge is 0.508 e. The molecular formula is C17H19ClN2O. The van der Waals surface area contributed by atoms with Gasteiger partial charge in [0, 0.05) is 5.56 Å². The molecule has 2 aromatic rings. The minimum atomic E-state index is 0.108. The number of phenols is 1. The Morgan fingerprint density at radius 3 is 2.67 bits per heavy atom. The van der Waals surface area contributed by atoms with Gasteiger partial charge in [0.25, 0.3) is 0 Å². The van der Waals surface area contributed by atoms with Gasteiger partial charge >= 0.3 is 0 Å². The van der Waals surface area contributed by atoms with E-state index in [1.165, 1.54) is 11.1 Å². The molecule has 3 rings (SSSR count). The molecule has 0 radical (unpaired) electrons. The minimum absolute atomic E-state index is 0.108. The number of phenolic OH excluding ortho intramolecular Hbond substituents is 1. The second-order valence-corrected chi connectivity index (χ2v) is 6.22. The van der Waals surface area contributed by atoms with Crippen LogP contribution < -0.4 is 5.32 Å². The number of fused-ring (bicyclic) bond motifs is 1. The molecular weight excluding hydrogens is 284 g/mol. The van der Waals surface area contributed by atoms with E-state index in [1.54, 1.807) is 12.1 Å². The van der Waals surface area contributed by atoms with Crippen LogP contribution in [0.3, 0.4) is 0 Å². The highest BCUT2D eigenvalue weighted by molar-refractivity contribution is 6.29. The molecule has 110 valence electrons. The molecule has 1 aromatic heterocycles. The summed E-state index contributed by atoms with van der Waals surface area (Å²) < 4.78 is 0. The third-order valence-corrected chi connectivity index (χ3v) is 4.50. The molecule has 0 bridgehead atoms. The Hall–Kier alpha value is -1.74. The van der Waals surface area contributed by atoms with Crippen LogP contribution in [0.4, 0.5) is 5.69 Å². The van der Waals surface area contributed by atoms with Gasteiger partial charge in [-0.2, -0.15) is 0 Å². The Labute approximate surface area is 130 Å². The molecule has 21 heavy (non-hydrogen) atoms. The number of nitrogens with one attached hydrogen (secondary N) is 1. The normalized spacial score (nSPS) is 20.4. The van der Waals surface area contributed by atoms with Gasteiger partial charge in [-0.3, -0.25) is 0 Å². The minimum Gasteiger partial charge on any atom is -0.508 e. The predicted octanol–water partition coefficient (Wildman–Crippen LogP) is 4.72. The van der Waals surface area contributed by atoms with Crippen molar-refractivity contribution in [2.45, 2.75) is 39.2 Å². The molecule has 1 heterocycles. The lowest BCUT2D eigenvalue weighted by Gasteiger charge is -2.18. The van der Waals surface area contributed by atoms with Crippen molar-refractivity contribution in [3.05, 3.63) is 51.8 Å². The number of benzene rings is 1. The average Bonchev–Trinajstić information content (AvgIpc) is 2.75. The maximum absolute atomic E-state index is 10.3. The van der Waals surface area contributed by atoms with Crippen molar-refractivity contribution >= 4 is 17.3 Å². The molecule has 2 atom stereocenters. The zero-order valence-electron chi connectivity index (χ0n) is 12.4. The molecule has 1 aliphatic rings. The number of pyridine rings is 1. The molecule has 1 aliphatic carbocycles. The van der Waals surface area contributed by atoms with Crippen LogP contribution in [0.2, 0.25) is 5.15 Å². The van der Waals surface area contributed by atoms with Gasteiger partial charge < -0.3 is 10.4 Å². The van der Waals surface area contributed by atoms with Crippen molar-refractivity contribution in [1.82, 2.24) is 4.98 Å². The van der Waals surface area contributed by atoms with Crippen LogP contribution in [0.15, 0.2) is 24.3 Å². The van der Waals surface area contributed by atoms with Crippen LogP contribution in [0.1, 0.15) is 47.7 Å². The van der Waals surface area contributed by atoms with Crippen LogP contribution in [0, 0.1) is 13.8 Å². The fourth-order valence-electron chi connectivity index (χ4n) is 3.35. The van der Waals surface area contributed by atoms with Crippen molar-refractivity contribution in [1.29, 1.82) is 0 Å². The predicted molar refractivity (Wildman–Crippen MR) is 86.2 cm³/mol. The van der Waals surface area contributed by atoms with E-state index in [-0.39, 0.29) is 6.04 Å². The molecule has 2 unspecified atom stereocenters. The van der Waals surface area contributed by atoms with Crippen LogP contribution in [-0.4, -0.2) is 10.1 Å². The van der Waals surface area contributed by atoms with Gasteiger partial charge in [0.2, 0.25) is 0 Å². The van der Waals surface area contributed by atoms with E-state index in [9.17, 15) is 5.11 Å². The maximum Gasteiger partial charge on any atom is 0.129 e. The van der Waals surface area contributed by atoms with E-state index in [0.717, 1.165) is 23.4 Å². The zero-order chi connectivity index (χ0) is 15.1. The van der Waals surface area contributed by atoms with Gasteiger partial charge in [0.1, 0.15) is 10.9 Å². The van der Waals surface area contributed by atoms with Crippen LogP contribution in [0.25, 0.3) is 0 Å². The number of rotatable bonds is 2. The highest BCUT2D eigenvalue weighted by Gasteiger charge is 2.32. The summed E-state index contributed by atoms with van der Waals surface area (Å²) in [4.78, 5) is 4.27. The van der Waals surface area contributed by atoms with Gasteiger partial charge in [0.15, 0.2) is 0 Å². The number of nitrogens with zero attached hydrogens (tertiary/aromatic N) is 1. The third-order valence-electron chi connectivity index (χ3n) is 4.29. The van der Waals surface area contributed by atoms with E-state index in [2.05, 4.69) is 24.1 Å². The number of aromatic hydroxyl groups is 1. The summed E-state index contributed by atoms with van der Waals surface area (Å²) in [6.45, 7) is 6.25. The number of aromatic nitrogens is 1. The van der Waals surface area contributed by atoms with Crippen LogP contribution in [0.5, 0.6) is 5.75 Å². The Kier molecular flexibility index (Phi) is 3.54. The average molecular weight is 303 g/mol. The molecule has 0 saturated heterocycles. The molecule has 3 nitrogen and oxygen atoms in total. The van der Waals surface area contributed by atoms with Gasteiger partial charge in [-0.25, -0.2) is 4.98 Å². The SMILES string of the molecule is Cc1ccc(O)c2c1C(C)CC2Nc1ccc(Cl)nc1C. The number of anilines is 1. The van der Waals surface area contributed by atoms with Gasteiger partial charge in [-0.1, -0.05) is 24.6 Å². The topological polar surface area (TPSA) is 45.1 Å². The highest BCUT2D eigenvalue weighted by atomic mass is 35.5. The molecule has 4 heteroatoms. The summed E-state index contributed by atoms with van der Waals surface area (Å²) in [5, 5.41) is 14.3. The maximum atomic E-state index is 10.3. The second kappa shape index (κ2) is 5.23. The molecule has 0 saturated carbocycles. The summed E-state index contributed by atoms with van der Waals surface area (Å²) in [7, 11) is 0. The first-order valence-electron chi connectivity index (χ1n) is 7.19. The standard InChI is InChI=1S/C17H19ClN2O/c1-9-4-6-14(21)17-13(8-10(2)16(9)17)20-12-5-7-15(18)19-11(12)3/h4-7,10,13,20-21H,8H2,1-3H3. The van der Waals surface area contributed by atoms with Crippen molar-refractivity contribution in [2.75, 3.05) is 5.32 Å². The van der Waals surface area contributed by atoms with E-state index < -0.39 is 0 Å². The summed E-state index contributed by atoms with van der Waals surface area (Å²) in [6.07, 6.45) is 0.968. The number of hydrogen-bond donors (Lipinski definition) is 2. The van der Waals surface area contributed by atoms with Crippen molar-refractivity contribution in [3.63, 3.8) is 0 Å². The van der Waals surface area contributed by atoms with Crippen molar-refractivity contribution < 1.29 is 5.11 Å². The van der Waals surface area contributed by atoms with E-state index >= 15 is 0 Å². The number of halogens is 1. The Balaban J connectivity index is 1.98. The second-order valence-electron chi connectivity index (χ2n) is 5.83. The first-order chi connectivity index (χ1) is 9.97. The van der Waals surface area contributed by atoms with Gasteiger partial charge in [-0.05, 0) is 55.5 Å². The summed E-state index contributed by atoms with van der Waals surface area (Å²) >= 11 is 5.90. The molecule has 0 fully saturated rings. The van der Waals surface area contributed by atoms with E-state index in [0.29, 0.717) is 16.8 Å². The lowest BCUT2D eigenvalue weighted by Crippen LogP contribution is -2.09. The van der Waals surface area contributed by atoms with Gasteiger partial charge in [0.05, 0.1) is 17.4 Å². The Bertz CT molecular complexity index is 699. The molecule has 0 aliphatic heterocycles. The zero-order valence-corrected chi connectivity index (χ0v) is 13.2. The Morgan fingerprint density at radius 1 is 1.19 bits per heavy atom. The lowest BCUT2D eigenvalue weighted by molar-refractivity contribution is 0.465. The summed E-state index contributed by atoms with van der Waals surface area (Å²) in [6, 6.07) is 7.61. The quantitative estimate of drug-likeness (QED) is 0.789. The first-order valence-corrected chi connectivity index (χ1v) is 7.57. The fraction of sp³-hybridized carbons (Fsp3) is 0.353. The van der Waals surface area contributed by atoms with E-state index in [1.807, 2.05) is 19.1 Å². The van der Waals surface area contributed by atoms with E-state index in [4.69, 9.17) is 11.6 Å². The third kappa shape index (κ3) is 2.46. The smallest absolute Gasteiger partial charge is 0.129 e. The summed E-state index contributed by atoms with van der Waals surface area (Å²) in [5.41, 5.74) is 5.37. The monoisotopic (exact) mass is 302 g/mol. The summed E-state index contributed by atoms with van der Waals surface area (Å²) in [5.74, 6) is 0.808. The highest BCUT2D eigenvalue weighted by Crippen LogP contribution is 2.47. The molecule has 2 N–H and O–H groups in total. The van der Waals surface area contributed by atoms with Crippen LogP contribution in [-0.2, 0) is 0 Å². The molecule has 0 spiro atoms. The Morgan fingerprint density at radius 2 is 1.95 bits per heavy atom. The van der Waals surface area contributed by atoms with Gasteiger partial charge in [-0.15, -0.1) is 0 Å².